The number of hydrogen-bond donors (Lipinski definition) is 0. The number of hydrogen-bond acceptors (Lipinski definition) is 2. The van der Waals surface area contributed by atoms with Crippen molar-refractivity contribution in [2.24, 2.45) is 0 Å². The lowest BCUT2D eigenvalue weighted by Crippen LogP contribution is -2.15. The van der Waals surface area contributed by atoms with E-state index in [0.29, 0.717) is 12.1 Å². The molecule has 0 unspecified atom stereocenters. The summed E-state index contributed by atoms with van der Waals surface area (Å²) in [4.78, 5) is 16.5. The molecule has 0 atom stereocenters. The van der Waals surface area contributed by atoms with Crippen molar-refractivity contribution in [3.8, 4) is 11.1 Å². The molecule has 2 aromatic rings. The molecule has 1 aromatic carbocycles. The van der Waals surface area contributed by atoms with Gasteiger partial charge in [0, 0.05) is 12.1 Å². The summed E-state index contributed by atoms with van der Waals surface area (Å²) in [7, 11) is 0. The predicted molar refractivity (Wildman–Crippen MR) is 76.4 cm³/mol. The maximum absolute atomic E-state index is 12.0. The van der Waals surface area contributed by atoms with Gasteiger partial charge in [-0.3, -0.25) is 4.79 Å². The van der Waals surface area contributed by atoms with E-state index < -0.39 is 0 Å². The highest BCUT2D eigenvalue weighted by Gasteiger charge is 2.22. The minimum Gasteiger partial charge on any atom is -0.292 e. The summed E-state index contributed by atoms with van der Waals surface area (Å²) in [6, 6.07) is 10.5. The molecule has 0 radical (unpaired) electrons. The van der Waals surface area contributed by atoms with E-state index in [1.165, 1.54) is 16.7 Å². The standard InChI is InChI=1S/C17H17NO/c1-11-5-3-6-13(9-11)15-10-12(2)18-17-14(15)7-4-8-16(17)19/h3,5-6,9-10H,4,7-8H2,1-2H3. The minimum absolute atomic E-state index is 0.193. The number of carbonyl (C=O) groups excluding carboxylic acids is 1. The predicted octanol–water partition coefficient (Wildman–Crippen LogP) is 3.88. The molecule has 0 N–H and O–H groups in total. The van der Waals surface area contributed by atoms with Crippen molar-refractivity contribution in [1.82, 2.24) is 4.98 Å². The molecule has 2 nitrogen and oxygen atoms in total. The Kier molecular flexibility index (Phi) is 2.94. The minimum atomic E-state index is 0.193. The molecule has 0 saturated heterocycles. The second kappa shape index (κ2) is 4.61. The van der Waals surface area contributed by atoms with Crippen LogP contribution >= 0.6 is 0 Å². The van der Waals surface area contributed by atoms with Crippen molar-refractivity contribution in [1.29, 1.82) is 0 Å². The number of fused-ring (bicyclic) bond motifs is 1. The number of rotatable bonds is 1. The second-order valence-corrected chi connectivity index (χ2v) is 5.28. The van der Waals surface area contributed by atoms with Crippen LogP contribution in [0, 0.1) is 13.8 Å². The van der Waals surface area contributed by atoms with Gasteiger partial charge in [-0.15, -0.1) is 0 Å². The molecule has 0 saturated carbocycles. The van der Waals surface area contributed by atoms with E-state index in [1.807, 2.05) is 6.92 Å². The Hall–Kier alpha value is -1.96. The van der Waals surface area contributed by atoms with E-state index in [9.17, 15) is 4.79 Å². The number of carbonyl (C=O) groups is 1. The van der Waals surface area contributed by atoms with Gasteiger partial charge in [0.15, 0.2) is 5.78 Å². The van der Waals surface area contributed by atoms with Crippen LogP contribution in [-0.2, 0) is 6.42 Å². The maximum atomic E-state index is 12.0. The number of aromatic nitrogens is 1. The first kappa shape index (κ1) is 12.1. The van der Waals surface area contributed by atoms with Crippen molar-refractivity contribution >= 4 is 5.78 Å². The molecule has 0 spiro atoms. The van der Waals surface area contributed by atoms with Crippen LogP contribution in [0.15, 0.2) is 30.3 Å². The summed E-state index contributed by atoms with van der Waals surface area (Å²) in [5.74, 6) is 0.193. The van der Waals surface area contributed by atoms with Crippen molar-refractivity contribution in [2.75, 3.05) is 0 Å². The van der Waals surface area contributed by atoms with Crippen LogP contribution in [0.25, 0.3) is 11.1 Å². The van der Waals surface area contributed by atoms with Gasteiger partial charge in [-0.05, 0) is 49.4 Å². The first-order valence-corrected chi connectivity index (χ1v) is 6.76. The molecule has 0 bridgehead atoms. The van der Waals surface area contributed by atoms with Crippen molar-refractivity contribution in [3.63, 3.8) is 0 Å². The SMILES string of the molecule is Cc1cccc(-c2cc(C)nc3c2CCCC3=O)c1. The van der Waals surface area contributed by atoms with Gasteiger partial charge in [0.05, 0.1) is 0 Å². The van der Waals surface area contributed by atoms with Crippen LogP contribution in [0.4, 0.5) is 0 Å². The molecule has 1 heterocycles. The van der Waals surface area contributed by atoms with Crippen LogP contribution in [0.1, 0.15) is 40.2 Å². The molecule has 3 rings (SSSR count). The summed E-state index contributed by atoms with van der Waals surface area (Å²) in [6.07, 6.45) is 2.53. The Balaban J connectivity index is 2.24. The molecule has 2 heteroatoms. The quantitative estimate of drug-likeness (QED) is 0.769. The first-order chi connectivity index (χ1) is 9.15. The zero-order chi connectivity index (χ0) is 13.4. The van der Waals surface area contributed by atoms with E-state index in [-0.39, 0.29) is 5.78 Å². The van der Waals surface area contributed by atoms with E-state index >= 15 is 0 Å². The topological polar surface area (TPSA) is 30.0 Å². The fourth-order valence-electron chi connectivity index (χ4n) is 2.80. The van der Waals surface area contributed by atoms with Crippen LogP contribution in [-0.4, -0.2) is 10.8 Å². The van der Waals surface area contributed by atoms with E-state index in [1.54, 1.807) is 0 Å². The van der Waals surface area contributed by atoms with Gasteiger partial charge in [0.25, 0.3) is 0 Å². The fourth-order valence-corrected chi connectivity index (χ4v) is 2.80. The lowest BCUT2D eigenvalue weighted by molar-refractivity contribution is 0.0967. The van der Waals surface area contributed by atoms with Crippen LogP contribution in [0.2, 0.25) is 0 Å². The average Bonchev–Trinajstić information content (AvgIpc) is 2.39. The highest BCUT2D eigenvalue weighted by atomic mass is 16.1. The Morgan fingerprint density at radius 1 is 1.11 bits per heavy atom. The molecule has 0 fully saturated rings. The number of Topliss-reactive ketones (excluding diaryl/α,β-unsaturated/α-hetero) is 1. The molecule has 1 aromatic heterocycles. The third-order valence-electron chi connectivity index (χ3n) is 3.68. The molecular weight excluding hydrogens is 234 g/mol. The number of benzene rings is 1. The Labute approximate surface area is 113 Å². The highest BCUT2D eigenvalue weighted by molar-refractivity contribution is 5.98. The molecule has 1 aliphatic carbocycles. The molecule has 0 amide bonds. The van der Waals surface area contributed by atoms with E-state index in [4.69, 9.17) is 0 Å². The highest BCUT2D eigenvalue weighted by Crippen LogP contribution is 2.31. The molecular formula is C17H17NO. The van der Waals surface area contributed by atoms with Gasteiger partial charge in [-0.1, -0.05) is 29.8 Å². The van der Waals surface area contributed by atoms with Crippen molar-refractivity contribution in [2.45, 2.75) is 33.1 Å². The lowest BCUT2D eigenvalue weighted by atomic mass is 9.88. The summed E-state index contributed by atoms with van der Waals surface area (Å²) in [6.45, 7) is 4.05. The Morgan fingerprint density at radius 3 is 2.74 bits per heavy atom. The summed E-state index contributed by atoms with van der Waals surface area (Å²) < 4.78 is 0. The summed E-state index contributed by atoms with van der Waals surface area (Å²) >= 11 is 0. The van der Waals surface area contributed by atoms with Crippen LogP contribution in [0.5, 0.6) is 0 Å². The zero-order valence-electron chi connectivity index (χ0n) is 11.4. The van der Waals surface area contributed by atoms with Crippen LogP contribution in [0.3, 0.4) is 0 Å². The average molecular weight is 251 g/mol. The maximum Gasteiger partial charge on any atom is 0.181 e. The smallest absolute Gasteiger partial charge is 0.181 e. The molecule has 1 aliphatic rings. The fraction of sp³-hybridized carbons (Fsp3) is 0.294. The van der Waals surface area contributed by atoms with Gasteiger partial charge in [0.2, 0.25) is 0 Å². The van der Waals surface area contributed by atoms with Gasteiger partial charge >= 0.3 is 0 Å². The monoisotopic (exact) mass is 251 g/mol. The Bertz CT molecular complexity index is 658. The molecule has 96 valence electrons. The first-order valence-electron chi connectivity index (χ1n) is 6.76. The number of pyridine rings is 1. The zero-order valence-corrected chi connectivity index (χ0v) is 11.4. The van der Waals surface area contributed by atoms with Gasteiger partial charge in [-0.25, -0.2) is 4.98 Å². The number of nitrogens with zero attached hydrogens (tertiary/aromatic N) is 1. The third-order valence-corrected chi connectivity index (χ3v) is 3.68. The molecule has 0 aliphatic heterocycles. The normalized spacial score (nSPS) is 14.3. The van der Waals surface area contributed by atoms with E-state index in [2.05, 4.69) is 42.2 Å². The van der Waals surface area contributed by atoms with Gasteiger partial charge in [-0.2, -0.15) is 0 Å². The second-order valence-electron chi connectivity index (χ2n) is 5.28. The lowest BCUT2D eigenvalue weighted by Gasteiger charge is -2.19. The number of ketones is 1. The molecule has 19 heavy (non-hydrogen) atoms. The summed E-state index contributed by atoms with van der Waals surface area (Å²) in [5.41, 5.74) is 6.36. The van der Waals surface area contributed by atoms with Crippen molar-refractivity contribution < 1.29 is 4.79 Å². The Morgan fingerprint density at radius 2 is 1.95 bits per heavy atom. The van der Waals surface area contributed by atoms with Gasteiger partial charge in [0.1, 0.15) is 5.69 Å². The van der Waals surface area contributed by atoms with Crippen molar-refractivity contribution in [3.05, 3.63) is 52.8 Å². The third kappa shape index (κ3) is 2.19. The summed E-state index contributed by atoms with van der Waals surface area (Å²) in [5, 5.41) is 0. The van der Waals surface area contributed by atoms with Crippen LogP contribution < -0.4 is 0 Å². The largest absolute Gasteiger partial charge is 0.292 e. The number of aryl methyl sites for hydroxylation is 2. The van der Waals surface area contributed by atoms with E-state index in [0.717, 1.165) is 24.1 Å². The van der Waals surface area contributed by atoms with Gasteiger partial charge < -0.3 is 0 Å².